The third kappa shape index (κ3) is 3.48. The van der Waals surface area contributed by atoms with E-state index in [1.807, 2.05) is 0 Å². The van der Waals surface area contributed by atoms with Crippen LogP contribution in [0.1, 0.15) is 43.0 Å². The Balaban J connectivity index is 2.22. The van der Waals surface area contributed by atoms with E-state index in [1.165, 1.54) is 0 Å². The maximum Gasteiger partial charge on any atom is 0.285 e. The molecule has 0 aliphatic heterocycles. The molecule has 1 fully saturated rings. The number of nitrogen functional groups attached to an aromatic ring is 1. The number of nitro groups is 1. The zero-order valence-electron chi connectivity index (χ0n) is 11.8. The predicted octanol–water partition coefficient (Wildman–Crippen LogP) is 2.62. The van der Waals surface area contributed by atoms with Gasteiger partial charge in [-0.1, -0.05) is 19.8 Å². The Hall–Kier alpha value is -2.18. The van der Waals surface area contributed by atoms with Gasteiger partial charge in [0.05, 0.1) is 16.7 Å². The first-order chi connectivity index (χ1) is 9.88. The summed E-state index contributed by atoms with van der Waals surface area (Å²) in [7, 11) is 0. The summed E-state index contributed by atoms with van der Waals surface area (Å²) in [5.74, 6) is -0.964. The Bertz CT molecular complexity index is 577. The summed E-state index contributed by atoms with van der Waals surface area (Å²) < 4.78 is 13.3. The molecule has 1 saturated carbocycles. The van der Waals surface area contributed by atoms with Gasteiger partial charge in [0.25, 0.3) is 11.6 Å². The Morgan fingerprint density at radius 2 is 2.19 bits per heavy atom. The van der Waals surface area contributed by atoms with Crippen LogP contribution in [-0.2, 0) is 0 Å². The molecule has 1 aromatic rings. The van der Waals surface area contributed by atoms with Crippen molar-refractivity contribution in [2.24, 2.45) is 5.92 Å². The Morgan fingerprint density at radius 1 is 1.48 bits per heavy atom. The van der Waals surface area contributed by atoms with Gasteiger partial charge in [-0.25, -0.2) is 4.39 Å². The molecule has 1 aromatic carbocycles. The topological polar surface area (TPSA) is 98.3 Å². The number of carbonyl (C=O) groups is 1. The van der Waals surface area contributed by atoms with Crippen molar-refractivity contribution in [2.45, 2.75) is 38.6 Å². The molecule has 1 aliphatic carbocycles. The lowest BCUT2D eigenvalue weighted by atomic mass is 9.87. The molecule has 3 N–H and O–H groups in total. The first kappa shape index (κ1) is 15.2. The van der Waals surface area contributed by atoms with E-state index in [9.17, 15) is 19.3 Å². The van der Waals surface area contributed by atoms with Crippen LogP contribution in [0.3, 0.4) is 0 Å². The lowest BCUT2D eigenvalue weighted by Gasteiger charge is -2.27. The Labute approximate surface area is 121 Å². The lowest BCUT2D eigenvalue weighted by molar-refractivity contribution is -0.385. The fourth-order valence-corrected chi connectivity index (χ4v) is 2.74. The van der Waals surface area contributed by atoms with E-state index in [2.05, 4.69) is 12.2 Å². The number of halogens is 1. The van der Waals surface area contributed by atoms with Crippen LogP contribution < -0.4 is 11.1 Å². The van der Waals surface area contributed by atoms with Gasteiger partial charge in [0.2, 0.25) is 0 Å². The molecule has 6 nitrogen and oxygen atoms in total. The number of amides is 1. The summed E-state index contributed by atoms with van der Waals surface area (Å²) in [5, 5.41) is 13.7. The van der Waals surface area contributed by atoms with E-state index in [-0.39, 0.29) is 17.3 Å². The molecule has 2 rings (SSSR count). The molecule has 2 atom stereocenters. The van der Waals surface area contributed by atoms with E-state index in [0.717, 1.165) is 31.7 Å². The average Bonchev–Trinajstić information content (AvgIpc) is 2.41. The maximum atomic E-state index is 13.3. The fourth-order valence-electron chi connectivity index (χ4n) is 2.74. The van der Waals surface area contributed by atoms with Gasteiger partial charge >= 0.3 is 0 Å². The van der Waals surface area contributed by atoms with Crippen LogP contribution in [0.15, 0.2) is 12.1 Å². The molecule has 0 spiro atoms. The van der Waals surface area contributed by atoms with Crippen LogP contribution in [0.5, 0.6) is 0 Å². The number of anilines is 1. The number of rotatable bonds is 3. The Morgan fingerprint density at radius 3 is 2.81 bits per heavy atom. The van der Waals surface area contributed by atoms with Gasteiger partial charge in [-0.05, 0) is 24.8 Å². The molecule has 1 amide bonds. The highest BCUT2D eigenvalue weighted by Gasteiger charge is 2.26. The Kier molecular flexibility index (Phi) is 4.40. The first-order valence-corrected chi connectivity index (χ1v) is 6.92. The number of hydrogen-bond donors (Lipinski definition) is 2. The predicted molar refractivity (Wildman–Crippen MR) is 76.4 cm³/mol. The van der Waals surface area contributed by atoms with Crippen molar-refractivity contribution in [3.05, 3.63) is 33.6 Å². The zero-order valence-corrected chi connectivity index (χ0v) is 11.8. The molecule has 1 aliphatic rings. The third-order valence-corrected chi connectivity index (χ3v) is 3.83. The molecule has 21 heavy (non-hydrogen) atoms. The molecule has 0 heterocycles. The molecule has 0 aromatic heterocycles. The second-order valence-electron chi connectivity index (χ2n) is 5.59. The zero-order chi connectivity index (χ0) is 15.6. The van der Waals surface area contributed by atoms with Gasteiger partial charge in [-0.2, -0.15) is 0 Å². The summed E-state index contributed by atoms with van der Waals surface area (Å²) in [6, 6.07) is 1.70. The number of benzene rings is 1. The van der Waals surface area contributed by atoms with E-state index < -0.39 is 22.3 Å². The summed E-state index contributed by atoms with van der Waals surface area (Å²) in [4.78, 5) is 22.4. The lowest BCUT2D eigenvalue weighted by Crippen LogP contribution is -2.38. The number of nitrogens with one attached hydrogen (secondary N) is 1. The first-order valence-electron chi connectivity index (χ1n) is 6.92. The van der Waals surface area contributed by atoms with E-state index in [1.54, 1.807) is 0 Å². The van der Waals surface area contributed by atoms with Gasteiger partial charge in [0.15, 0.2) is 5.82 Å². The highest BCUT2D eigenvalue weighted by molar-refractivity contribution is 5.99. The molecular weight excluding hydrogens is 277 g/mol. The number of hydrogen-bond acceptors (Lipinski definition) is 4. The van der Waals surface area contributed by atoms with Gasteiger partial charge in [0, 0.05) is 6.04 Å². The highest BCUT2D eigenvalue weighted by atomic mass is 19.1. The molecule has 114 valence electrons. The number of carbonyl (C=O) groups excluding carboxylic acids is 1. The summed E-state index contributed by atoms with van der Waals surface area (Å²) in [5.41, 5.74) is 4.37. The minimum absolute atomic E-state index is 0.00729. The smallest absolute Gasteiger partial charge is 0.285 e. The minimum atomic E-state index is -0.899. The van der Waals surface area contributed by atoms with Crippen molar-refractivity contribution in [2.75, 3.05) is 5.73 Å². The standard InChI is InChI=1S/C14H18FN3O3/c1-8-3-2-4-9(5-8)17-14(19)10-6-12(16)11(15)7-13(10)18(20)21/h6-9H,2-5,16H2,1H3,(H,17,19). The van der Waals surface area contributed by atoms with Crippen LogP contribution in [-0.4, -0.2) is 16.9 Å². The summed E-state index contributed by atoms with van der Waals surface area (Å²) in [6.07, 6.45) is 3.83. The summed E-state index contributed by atoms with van der Waals surface area (Å²) in [6.45, 7) is 2.11. The van der Waals surface area contributed by atoms with Crippen LogP contribution in [0, 0.1) is 21.8 Å². The van der Waals surface area contributed by atoms with Crippen molar-refractivity contribution in [3.8, 4) is 0 Å². The fraction of sp³-hybridized carbons (Fsp3) is 0.500. The molecule has 0 bridgehead atoms. The molecule has 0 saturated heterocycles. The van der Waals surface area contributed by atoms with Crippen LogP contribution in [0.25, 0.3) is 0 Å². The second kappa shape index (κ2) is 6.07. The van der Waals surface area contributed by atoms with E-state index >= 15 is 0 Å². The maximum absolute atomic E-state index is 13.3. The summed E-state index contributed by atoms with van der Waals surface area (Å²) >= 11 is 0. The minimum Gasteiger partial charge on any atom is -0.396 e. The largest absolute Gasteiger partial charge is 0.396 e. The molecular formula is C14H18FN3O3. The van der Waals surface area contributed by atoms with E-state index in [0.29, 0.717) is 12.0 Å². The monoisotopic (exact) mass is 295 g/mol. The number of nitrogens with two attached hydrogens (primary N) is 1. The quantitative estimate of drug-likeness (QED) is 0.508. The van der Waals surface area contributed by atoms with Crippen molar-refractivity contribution in [1.82, 2.24) is 5.32 Å². The van der Waals surface area contributed by atoms with Crippen LogP contribution >= 0.6 is 0 Å². The van der Waals surface area contributed by atoms with Crippen molar-refractivity contribution in [1.29, 1.82) is 0 Å². The third-order valence-electron chi connectivity index (χ3n) is 3.83. The van der Waals surface area contributed by atoms with Crippen molar-refractivity contribution in [3.63, 3.8) is 0 Å². The highest BCUT2D eigenvalue weighted by Crippen LogP contribution is 2.27. The number of nitro benzene ring substituents is 1. The van der Waals surface area contributed by atoms with Crippen LogP contribution in [0.2, 0.25) is 0 Å². The average molecular weight is 295 g/mol. The number of nitrogens with zero attached hydrogens (tertiary/aromatic N) is 1. The molecule has 2 unspecified atom stereocenters. The second-order valence-corrected chi connectivity index (χ2v) is 5.59. The van der Waals surface area contributed by atoms with Crippen LogP contribution in [0.4, 0.5) is 15.8 Å². The van der Waals surface area contributed by atoms with Crippen molar-refractivity contribution < 1.29 is 14.1 Å². The molecule has 7 heteroatoms. The molecule has 0 radical (unpaired) electrons. The van der Waals surface area contributed by atoms with Gasteiger partial charge in [0.1, 0.15) is 5.56 Å². The van der Waals surface area contributed by atoms with Gasteiger partial charge < -0.3 is 11.1 Å². The SMILES string of the molecule is CC1CCCC(NC(=O)c2cc(N)c(F)cc2[N+](=O)[O-])C1. The normalized spacial score (nSPS) is 21.8. The van der Waals surface area contributed by atoms with Crippen molar-refractivity contribution >= 4 is 17.3 Å². The van der Waals surface area contributed by atoms with Gasteiger partial charge in [-0.3, -0.25) is 14.9 Å². The van der Waals surface area contributed by atoms with E-state index in [4.69, 9.17) is 5.73 Å². The van der Waals surface area contributed by atoms with Gasteiger partial charge in [-0.15, -0.1) is 0 Å².